The lowest BCUT2D eigenvalue weighted by Gasteiger charge is -2.18. The molecule has 3 aromatic carbocycles. The van der Waals surface area contributed by atoms with Gasteiger partial charge in [0.2, 0.25) is 10.0 Å². The maximum absolute atomic E-state index is 12.9. The molecule has 9 nitrogen and oxygen atoms in total. The second-order valence-electron chi connectivity index (χ2n) is 8.51. The van der Waals surface area contributed by atoms with E-state index >= 15 is 0 Å². The minimum atomic E-state index is -4.14. The van der Waals surface area contributed by atoms with Gasteiger partial charge in [0.05, 0.1) is 34.9 Å². The highest BCUT2D eigenvalue weighted by atomic mass is 32.2. The van der Waals surface area contributed by atoms with Gasteiger partial charge in [0.25, 0.3) is 0 Å². The second kappa shape index (κ2) is 12.8. The van der Waals surface area contributed by atoms with Crippen molar-refractivity contribution >= 4 is 49.3 Å². The molecule has 1 aromatic heterocycles. The number of carboxylic acid groups (broad SMARTS) is 1. The first-order valence-electron chi connectivity index (χ1n) is 12.0. The van der Waals surface area contributed by atoms with Crippen LogP contribution < -0.4 is 14.2 Å². The number of methoxy groups -OCH3 is 1. The third-order valence-corrected chi connectivity index (χ3v) is 9.54. The number of hydrogen-bond donors (Lipinski definition) is 3. The van der Waals surface area contributed by atoms with E-state index in [-0.39, 0.29) is 17.1 Å². The molecular formula is C27H28N2O7S3. The summed E-state index contributed by atoms with van der Waals surface area (Å²) in [6.45, 7) is 2.46. The zero-order valence-corrected chi connectivity index (χ0v) is 23.7. The second-order valence-corrected chi connectivity index (χ2v) is 12.5. The van der Waals surface area contributed by atoms with Crippen LogP contribution in [0.3, 0.4) is 0 Å². The largest absolute Gasteiger partial charge is 0.497 e. The minimum Gasteiger partial charge on any atom is -0.497 e. The van der Waals surface area contributed by atoms with E-state index in [9.17, 15) is 23.4 Å². The molecule has 4 aromatic rings. The molecule has 4 rings (SSSR count). The molecule has 0 aliphatic rings. The zero-order chi connectivity index (χ0) is 28.0. The number of nitrogens with one attached hydrogen (secondary N) is 1. The number of aliphatic hydroxyl groups is 1. The Morgan fingerprint density at radius 2 is 1.69 bits per heavy atom. The Labute approximate surface area is 234 Å². The van der Waals surface area contributed by atoms with Crippen molar-refractivity contribution in [1.29, 1.82) is 0 Å². The maximum atomic E-state index is 12.9. The Balaban J connectivity index is 1.37. The number of thiazole rings is 1. The van der Waals surface area contributed by atoms with Gasteiger partial charge < -0.3 is 19.7 Å². The lowest BCUT2D eigenvalue weighted by molar-refractivity contribution is -0.139. The standard InChI is InChI=1S/C27H28N2O7S3/c1-3-36-21-10-13-23-25(15-21)38-27(28-23)37-16-19(30)14-24(26(31)32)29-39(33,34)22-11-6-18(7-12-22)17-4-8-20(35-2)9-5-17/h4-13,15,19,24,29-30H,3,14,16H2,1-2H3,(H,31,32). The molecular weight excluding hydrogens is 561 g/mol. The molecule has 0 fully saturated rings. The van der Waals surface area contributed by atoms with Crippen LogP contribution in [-0.4, -0.2) is 61.2 Å². The normalized spacial score (nSPS) is 13.2. The summed E-state index contributed by atoms with van der Waals surface area (Å²) >= 11 is 2.72. The highest BCUT2D eigenvalue weighted by Crippen LogP contribution is 2.32. The number of aliphatic hydroxyl groups excluding tert-OH is 1. The van der Waals surface area contributed by atoms with Crippen LogP contribution in [0.2, 0.25) is 0 Å². The van der Waals surface area contributed by atoms with Crippen LogP contribution in [-0.2, 0) is 14.8 Å². The van der Waals surface area contributed by atoms with Crippen molar-refractivity contribution in [2.24, 2.45) is 0 Å². The van der Waals surface area contributed by atoms with E-state index in [0.717, 1.165) is 27.1 Å². The Hall–Kier alpha value is -3.16. The predicted molar refractivity (Wildman–Crippen MR) is 152 cm³/mol. The number of sulfonamides is 1. The van der Waals surface area contributed by atoms with Gasteiger partial charge in [-0.25, -0.2) is 13.4 Å². The number of carboxylic acids is 1. The molecule has 0 radical (unpaired) electrons. The third-order valence-electron chi connectivity index (χ3n) is 5.74. The van der Waals surface area contributed by atoms with E-state index in [2.05, 4.69) is 9.71 Å². The number of aromatic nitrogens is 1. The summed E-state index contributed by atoms with van der Waals surface area (Å²) in [5.74, 6) is 0.233. The summed E-state index contributed by atoms with van der Waals surface area (Å²) in [6.07, 6.45) is -1.38. The van der Waals surface area contributed by atoms with Gasteiger partial charge in [0, 0.05) is 12.2 Å². The summed E-state index contributed by atoms with van der Waals surface area (Å²) in [7, 11) is -2.57. The van der Waals surface area contributed by atoms with Crippen LogP contribution in [0.4, 0.5) is 0 Å². The first-order chi connectivity index (χ1) is 18.7. The van der Waals surface area contributed by atoms with Crippen molar-refractivity contribution in [2.75, 3.05) is 19.5 Å². The Morgan fingerprint density at radius 1 is 1.05 bits per heavy atom. The van der Waals surface area contributed by atoms with Gasteiger partial charge in [-0.3, -0.25) is 4.79 Å². The van der Waals surface area contributed by atoms with Gasteiger partial charge >= 0.3 is 5.97 Å². The number of carbonyl (C=O) groups is 1. The molecule has 206 valence electrons. The molecule has 0 spiro atoms. The van der Waals surface area contributed by atoms with Crippen LogP contribution in [0, 0.1) is 0 Å². The molecule has 2 unspecified atom stereocenters. The fourth-order valence-electron chi connectivity index (χ4n) is 3.77. The third kappa shape index (κ3) is 7.49. The van der Waals surface area contributed by atoms with Crippen molar-refractivity contribution in [3.8, 4) is 22.6 Å². The molecule has 0 aliphatic carbocycles. The number of nitrogens with zero attached hydrogens (tertiary/aromatic N) is 1. The quantitative estimate of drug-likeness (QED) is 0.191. The van der Waals surface area contributed by atoms with E-state index < -0.39 is 28.1 Å². The molecule has 1 heterocycles. The molecule has 0 amide bonds. The topological polar surface area (TPSA) is 135 Å². The maximum Gasteiger partial charge on any atom is 0.321 e. The van der Waals surface area contributed by atoms with Crippen LogP contribution in [0.1, 0.15) is 13.3 Å². The van der Waals surface area contributed by atoms with E-state index in [4.69, 9.17) is 9.47 Å². The fraction of sp³-hybridized carbons (Fsp3) is 0.259. The fourth-order valence-corrected chi connectivity index (χ4v) is 7.04. The number of benzene rings is 3. The first kappa shape index (κ1) is 28.8. The molecule has 0 saturated carbocycles. The van der Waals surface area contributed by atoms with E-state index in [1.807, 2.05) is 37.3 Å². The van der Waals surface area contributed by atoms with Gasteiger partial charge in [-0.2, -0.15) is 4.72 Å². The Morgan fingerprint density at radius 3 is 2.31 bits per heavy atom. The van der Waals surface area contributed by atoms with Gasteiger partial charge in [-0.1, -0.05) is 36.0 Å². The molecule has 0 aliphatic heterocycles. The van der Waals surface area contributed by atoms with Crippen molar-refractivity contribution in [3.63, 3.8) is 0 Å². The minimum absolute atomic E-state index is 0.0734. The molecule has 0 saturated heterocycles. The molecule has 12 heteroatoms. The van der Waals surface area contributed by atoms with E-state index in [1.54, 1.807) is 31.4 Å². The van der Waals surface area contributed by atoms with E-state index in [0.29, 0.717) is 16.7 Å². The van der Waals surface area contributed by atoms with Crippen molar-refractivity contribution in [1.82, 2.24) is 9.71 Å². The summed E-state index contributed by atoms with van der Waals surface area (Å²) < 4.78 is 40.4. The number of rotatable bonds is 13. The van der Waals surface area contributed by atoms with E-state index in [1.165, 1.54) is 35.2 Å². The van der Waals surface area contributed by atoms with Crippen molar-refractivity contribution < 1.29 is 32.9 Å². The molecule has 0 bridgehead atoms. The molecule has 39 heavy (non-hydrogen) atoms. The monoisotopic (exact) mass is 588 g/mol. The highest BCUT2D eigenvalue weighted by molar-refractivity contribution is 8.01. The van der Waals surface area contributed by atoms with Gasteiger partial charge in [0.15, 0.2) is 4.34 Å². The lowest BCUT2D eigenvalue weighted by Crippen LogP contribution is -2.43. The number of hydrogen-bond acceptors (Lipinski definition) is 9. The molecule has 3 N–H and O–H groups in total. The van der Waals surface area contributed by atoms with Crippen LogP contribution in [0.25, 0.3) is 21.3 Å². The smallest absolute Gasteiger partial charge is 0.321 e. The summed E-state index contributed by atoms with van der Waals surface area (Å²) in [4.78, 5) is 16.3. The summed E-state index contributed by atoms with van der Waals surface area (Å²) in [5, 5.41) is 20.2. The average molecular weight is 589 g/mol. The Bertz CT molecular complexity index is 1520. The highest BCUT2D eigenvalue weighted by Gasteiger charge is 2.28. The average Bonchev–Trinajstić information content (AvgIpc) is 3.34. The summed E-state index contributed by atoms with van der Waals surface area (Å²) in [5.41, 5.74) is 2.47. The number of fused-ring (bicyclic) bond motifs is 1. The number of aliphatic carboxylic acids is 1. The zero-order valence-electron chi connectivity index (χ0n) is 21.2. The van der Waals surface area contributed by atoms with Crippen molar-refractivity contribution in [2.45, 2.75) is 34.7 Å². The molecule has 2 atom stereocenters. The predicted octanol–water partition coefficient (Wildman–Crippen LogP) is 4.65. The van der Waals surface area contributed by atoms with Gasteiger partial charge in [-0.05, 0) is 60.5 Å². The SMILES string of the molecule is CCOc1ccc2nc(SCC(O)CC(NS(=O)(=O)c3ccc(-c4ccc(OC)cc4)cc3)C(=O)O)sc2c1. The van der Waals surface area contributed by atoms with Crippen molar-refractivity contribution in [3.05, 3.63) is 66.7 Å². The Kier molecular flexibility index (Phi) is 9.46. The lowest BCUT2D eigenvalue weighted by atomic mass is 10.1. The summed E-state index contributed by atoms with van der Waals surface area (Å²) in [6, 6.07) is 17.5. The van der Waals surface area contributed by atoms with Gasteiger partial charge in [0.1, 0.15) is 17.5 Å². The first-order valence-corrected chi connectivity index (χ1v) is 15.3. The van der Waals surface area contributed by atoms with Crippen LogP contribution in [0.5, 0.6) is 11.5 Å². The van der Waals surface area contributed by atoms with Crippen LogP contribution in [0.15, 0.2) is 76.0 Å². The van der Waals surface area contributed by atoms with Crippen LogP contribution >= 0.6 is 23.1 Å². The number of ether oxygens (including phenoxy) is 2. The number of thioether (sulfide) groups is 1. The van der Waals surface area contributed by atoms with Gasteiger partial charge in [-0.15, -0.1) is 11.3 Å².